The number of hydrogen-bond acceptors (Lipinski definition) is 3. The van der Waals surface area contributed by atoms with Gasteiger partial charge in [0.25, 0.3) is 0 Å². The van der Waals surface area contributed by atoms with Gasteiger partial charge < -0.3 is 15.5 Å². The van der Waals surface area contributed by atoms with Crippen LogP contribution in [-0.4, -0.2) is 50.6 Å². The maximum absolute atomic E-state index is 12.1. The molecular weight excluding hydrogens is 214 g/mol. The summed E-state index contributed by atoms with van der Waals surface area (Å²) in [6.07, 6.45) is 3.45. The van der Waals surface area contributed by atoms with E-state index in [4.69, 9.17) is 0 Å². The molecule has 1 aliphatic heterocycles. The van der Waals surface area contributed by atoms with E-state index in [9.17, 15) is 4.79 Å². The molecule has 17 heavy (non-hydrogen) atoms. The molecule has 2 atom stereocenters. The Labute approximate surface area is 104 Å². The monoisotopic (exact) mass is 239 g/mol. The van der Waals surface area contributed by atoms with Crippen LogP contribution in [0.5, 0.6) is 0 Å². The lowest BCUT2D eigenvalue weighted by molar-refractivity contribution is -0.124. The van der Waals surface area contributed by atoms with E-state index in [1.807, 2.05) is 14.1 Å². The van der Waals surface area contributed by atoms with Crippen LogP contribution in [-0.2, 0) is 4.79 Å². The first-order chi connectivity index (χ1) is 8.03. The number of hydrogen-bond donors (Lipinski definition) is 2. The third-order valence-electron chi connectivity index (χ3n) is 4.13. The first kappa shape index (κ1) is 12.8. The van der Waals surface area contributed by atoms with E-state index in [0.29, 0.717) is 5.41 Å². The van der Waals surface area contributed by atoms with E-state index in [1.165, 1.54) is 12.8 Å². The molecule has 1 saturated carbocycles. The van der Waals surface area contributed by atoms with E-state index in [1.54, 1.807) is 0 Å². The summed E-state index contributed by atoms with van der Waals surface area (Å²) in [7, 11) is 4.07. The van der Waals surface area contributed by atoms with Gasteiger partial charge in [-0.05, 0) is 58.8 Å². The molecule has 0 bridgehead atoms. The summed E-state index contributed by atoms with van der Waals surface area (Å²) in [5.41, 5.74) is 0.354. The molecule has 1 aliphatic carbocycles. The van der Waals surface area contributed by atoms with E-state index >= 15 is 0 Å². The fourth-order valence-electron chi connectivity index (χ4n) is 3.13. The molecule has 0 aromatic heterocycles. The molecule has 0 radical (unpaired) electrons. The van der Waals surface area contributed by atoms with Gasteiger partial charge in [-0.2, -0.15) is 0 Å². The fraction of sp³-hybridized carbons (Fsp3) is 0.923. The zero-order valence-electron chi connectivity index (χ0n) is 11.3. The second-order valence-electron chi connectivity index (χ2n) is 6.04. The number of amides is 1. The molecule has 4 nitrogen and oxygen atoms in total. The first-order valence-electron chi connectivity index (χ1n) is 6.69. The molecule has 0 aromatic rings. The Morgan fingerprint density at radius 2 is 2.12 bits per heavy atom. The second-order valence-corrected chi connectivity index (χ2v) is 6.04. The number of nitrogens with one attached hydrogen (secondary N) is 2. The van der Waals surface area contributed by atoms with Gasteiger partial charge >= 0.3 is 0 Å². The highest BCUT2D eigenvalue weighted by Crippen LogP contribution is 2.58. The first-order valence-corrected chi connectivity index (χ1v) is 6.69. The van der Waals surface area contributed by atoms with Crippen molar-refractivity contribution < 1.29 is 4.79 Å². The van der Waals surface area contributed by atoms with Crippen LogP contribution in [0.4, 0.5) is 0 Å². The Morgan fingerprint density at radius 3 is 2.71 bits per heavy atom. The average Bonchev–Trinajstić information content (AvgIpc) is 2.92. The Balaban J connectivity index is 1.78. The standard InChI is InChI=1S/C13H25N3O/c1-10(9-16(2)3)15-12(17)11-8-13(11)4-6-14-7-5-13/h10-11,14H,4-9H2,1-3H3,(H,15,17). The normalized spacial score (nSPS) is 28.1. The van der Waals surface area contributed by atoms with Crippen LogP contribution >= 0.6 is 0 Å². The Hall–Kier alpha value is -0.610. The number of carbonyl (C=O) groups is 1. The molecule has 2 unspecified atom stereocenters. The third-order valence-corrected chi connectivity index (χ3v) is 4.13. The number of piperidine rings is 1. The van der Waals surface area contributed by atoms with Crippen molar-refractivity contribution in [2.24, 2.45) is 11.3 Å². The predicted octanol–water partition coefficient (Wildman–Crippen LogP) is 0.442. The number of likely N-dealkylation sites (N-methyl/N-ethyl adjacent to an activating group) is 1. The maximum Gasteiger partial charge on any atom is 0.223 e. The minimum absolute atomic E-state index is 0.247. The molecular formula is C13H25N3O. The summed E-state index contributed by atoms with van der Waals surface area (Å²) in [6.45, 7) is 5.15. The molecule has 1 saturated heterocycles. The topological polar surface area (TPSA) is 44.4 Å². The summed E-state index contributed by atoms with van der Waals surface area (Å²) in [5.74, 6) is 0.565. The highest BCUT2D eigenvalue weighted by atomic mass is 16.2. The lowest BCUT2D eigenvalue weighted by Crippen LogP contribution is -2.41. The van der Waals surface area contributed by atoms with Crippen molar-refractivity contribution in [2.45, 2.75) is 32.2 Å². The van der Waals surface area contributed by atoms with Crippen molar-refractivity contribution in [1.29, 1.82) is 0 Å². The molecule has 98 valence electrons. The van der Waals surface area contributed by atoms with Gasteiger partial charge in [0.05, 0.1) is 0 Å². The number of nitrogens with zero attached hydrogens (tertiary/aromatic N) is 1. The van der Waals surface area contributed by atoms with Gasteiger partial charge in [0.15, 0.2) is 0 Å². The second kappa shape index (κ2) is 4.94. The fourth-order valence-corrected chi connectivity index (χ4v) is 3.13. The molecule has 2 N–H and O–H groups in total. The average molecular weight is 239 g/mol. The Kier molecular flexibility index (Phi) is 3.73. The van der Waals surface area contributed by atoms with Gasteiger partial charge in [0.2, 0.25) is 5.91 Å². The van der Waals surface area contributed by atoms with Gasteiger partial charge in [-0.15, -0.1) is 0 Å². The van der Waals surface area contributed by atoms with E-state index in [-0.39, 0.29) is 17.9 Å². The van der Waals surface area contributed by atoms with Crippen molar-refractivity contribution in [3.05, 3.63) is 0 Å². The zero-order chi connectivity index (χ0) is 12.5. The number of rotatable bonds is 4. The van der Waals surface area contributed by atoms with Crippen molar-refractivity contribution in [1.82, 2.24) is 15.5 Å². The van der Waals surface area contributed by atoms with Crippen molar-refractivity contribution in [3.63, 3.8) is 0 Å². The maximum atomic E-state index is 12.1. The van der Waals surface area contributed by atoms with Crippen LogP contribution in [0.15, 0.2) is 0 Å². The van der Waals surface area contributed by atoms with Gasteiger partial charge in [-0.25, -0.2) is 0 Å². The summed E-state index contributed by atoms with van der Waals surface area (Å²) >= 11 is 0. The van der Waals surface area contributed by atoms with Crippen molar-refractivity contribution >= 4 is 5.91 Å². The van der Waals surface area contributed by atoms with Gasteiger partial charge in [-0.3, -0.25) is 4.79 Å². The highest BCUT2D eigenvalue weighted by molar-refractivity contribution is 5.82. The van der Waals surface area contributed by atoms with E-state index < -0.39 is 0 Å². The smallest absolute Gasteiger partial charge is 0.223 e. The molecule has 4 heteroatoms. The quantitative estimate of drug-likeness (QED) is 0.748. The van der Waals surface area contributed by atoms with E-state index in [0.717, 1.165) is 26.1 Å². The van der Waals surface area contributed by atoms with Crippen molar-refractivity contribution in [2.75, 3.05) is 33.7 Å². The van der Waals surface area contributed by atoms with Crippen LogP contribution in [0.3, 0.4) is 0 Å². The van der Waals surface area contributed by atoms with Gasteiger partial charge in [-0.1, -0.05) is 0 Å². The van der Waals surface area contributed by atoms with Crippen LogP contribution < -0.4 is 10.6 Å². The van der Waals surface area contributed by atoms with Crippen LogP contribution in [0.2, 0.25) is 0 Å². The minimum Gasteiger partial charge on any atom is -0.352 e. The van der Waals surface area contributed by atoms with E-state index in [2.05, 4.69) is 22.5 Å². The lowest BCUT2D eigenvalue weighted by Gasteiger charge is -2.24. The van der Waals surface area contributed by atoms with Crippen LogP contribution in [0, 0.1) is 11.3 Å². The minimum atomic E-state index is 0.247. The molecule has 2 rings (SSSR count). The Bertz CT molecular complexity index is 284. The summed E-state index contributed by atoms with van der Waals surface area (Å²) in [5, 5.41) is 6.51. The largest absolute Gasteiger partial charge is 0.352 e. The van der Waals surface area contributed by atoms with Gasteiger partial charge in [0.1, 0.15) is 0 Å². The molecule has 2 aliphatic rings. The summed E-state index contributed by atoms with van der Waals surface area (Å²) in [4.78, 5) is 14.2. The SMILES string of the molecule is CC(CN(C)C)NC(=O)C1CC12CCNCC2. The van der Waals surface area contributed by atoms with Gasteiger partial charge in [0, 0.05) is 18.5 Å². The third kappa shape index (κ3) is 2.99. The summed E-state index contributed by atoms with van der Waals surface area (Å²) in [6, 6.07) is 0.247. The van der Waals surface area contributed by atoms with Crippen LogP contribution in [0.25, 0.3) is 0 Å². The zero-order valence-corrected chi connectivity index (χ0v) is 11.3. The Morgan fingerprint density at radius 1 is 1.47 bits per heavy atom. The highest BCUT2D eigenvalue weighted by Gasteiger charge is 2.57. The van der Waals surface area contributed by atoms with Crippen LogP contribution in [0.1, 0.15) is 26.2 Å². The predicted molar refractivity (Wildman–Crippen MR) is 68.8 cm³/mol. The lowest BCUT2D eigenvalue weighted by atomic mass is 9.91. The summed E-state index contributed by atoms with van der Waals surface area (Å²) < 4.78 is 0. The van der Waals surface area contributed by atoms with Crippen molar-refractivity contribution in [3.8, 4) is 0 Å². The molecule has 1 heterocycles. The molecule has 1 amide bonds. The molecule has 1 spiro atoms. The molecule has 2 fully saturated rings. The molecule has 0 aromatic carbocycles. The number of carbonyl (C=O) groups excluding carboxylic acids is 1.